The first kappa shape index (κ1) is 63.8. The van der Waals surface area contributed by atoms with Gasteiger partial charge in [-0.3, -0.25) is 0 Å². The van der Waals surface area contributed by atoms with Gasteiger partial charge in [-0.25, -0.2) is 9.59 Å². The summed E-state index contributed by atoms with van der Waals surface area (Å²) >= 11 is 6.15. The number of carbonyl (C=O) groups is 2. The smallest absolute Gasteiger partial charge is 0.444 e. The zero-order valence-electron chi connectivity index (χ0n) is 43.5. The van der Waals surface area contributed by atoms with E-state index in [1.807, 2.05) is 0 Å². The summed E-state index contributed by atoms with van der Waals surface area (Å²) < 4.78 is 149. The Labute approximate surface area is 422 Å². The van der Waals surface area contributed by atoms with E-state index in [9.17, 15) is 57.9 Å². The highest BCUT2D eigenvalue weighted by molar-refractivity contribution is 7.88. The van der Waals surface area contributed by atoms with Crippen LogP contribution in [0.2, 0.25) is 36.3 Å². The number of fused-ring (bicyclic) bond motifs is 2. The van der Waals surface area contributed by atoms with E-state index >= 15 is 0 Å². The van der Waals surface area contributed by atoms with E-state index in [0.717, 1.165) is 6.07 Å². The zero-order valence-corrected chi connectivity index (χ0v) is 47.9. The van der Waals surface area contributed by atoms with Gasteiger partial charge in [0.25, 0.3) is 0 Å². The maximum atomic E-state index is 13.0. The summed E-state index contributed by atoms with van der Waals surface area (Å²) in [6, 6.07) is 8.43. The molecule has 0 saturated heterocycles. The molecule has 0 bridgehead atoms. The summed E-state index contributed by atoms with van der Waals surface area (Å²) in [7, 11) is -15.4. The van der Waals surface area contributed by atoms with E-state index in [0.29, 0.717) is 29.0 Å². The van der Waals surface area contributed by atoms with Gasteiger partial charge in [-0.15, -0.1) is 0 Å². The molecule has 0 aromatic heterocycles. The molecule has 0 saturated carbocycles. The number of benzene rings is 2. The molecule has 25 heteroatoms. The number of nitrogens with one attached hydrogen (secondary N) is 2. The van der Waals surface area contributed by atoms with E-state index in [4.69, 9.17) is 25.0 Å². The molecule has 2 atom stereocenters. The van der Waals surface area contributed by atoms with Crippen LogP contribution in [0.15, 0.2) is 36.4 Å². The van der Waals surface area contributed by atoms with Crippen LogP contribution in [0.25, 0.3) is 0 Å². The van der Waals surface area contributed by atoms with Gasteiger partial charge >= 0.3 is 43.4 Å². The van der Waals surface area contributed by atoms with Crippen LogP contribution in [-0.2, 0) is 59.8 Å². The maximum absolute atomic E-state index is 13.0. The number of alkyl halides is 6. The Morgan fingerprint density at radius 2 is 0.972 bits per heavy atom. The number of aliphatic hydroxyl groups is 1. The Hall–Kier alpha value is -3.30. The van der Waals surface area contributed by atoms with Crippen LogP contribution < -0.4 is 19.0 Å². The molecule has 3 N–H and O–H groups in total. The van der Waals surface area contributed by atoms with Crippen molar-refractivity contribution in [2.75, 3.05) is 13.2 Å². The predicted octanol–water partition coefficient (Wildman–Crippen LogP) is 11.6. The molecule has 2 aromatic rings. The van der Waals surface area contributed by atoms with Crippen molar-refractivity contribution in [3.05, 3.63) is 58.7 Å². The first-order valence-electron chi connectivity index (χ1n) is 22.7. The summed E-state index contributed by atoms with van der Waals surface area (Å²) in [6.45, 7) is 30.9. The molecule has 2 unspecified atom stereocenters. The van der Waals surface area contributed by atoms with Crippen LogP contribution in [0.5, 0.6) is 11.5 Å². The van der Waals surface area contributed by atoms with Gasteiger partial charge in [-0.2, -0.15) is 54.3 Å². The lowest BCUT2D eigenvalue weighted by molar-refractivity contribution is -0.0505. The first-order chi connectivity index (χ1) is 31.5. The van der Waals surface area contributed by atoms with Crippen LogP contribution >= 0.6 is 11.1 Å². The fourth-order valence-electron chi connectivity index (χ4n) is 6.30. The number of alkyl carbamates (subject to hydrolysis) is 2. The molecule has 0 aliphatic heterocycles. The minimum atomic E-state index is -5.86. The number of carbonyl (C=O) groups excluding carboxylic acids is 2. The third kappa shape index (κ3) is 18.5. The molecular weight excluding hydrogens is 1040 g/mol. The lowest BCUT2D eigenvalue weighted by Gasteiger charge is -2.44. The number of hydrogen-bond donors (Lipinski definition) is 3. The molecule has 2 aliphatic rings. The van der Waals surface area contributed by atoms with E-state index in [-0.39, 0.29) is 48.5 Å². The second-order valence-electron chi connectivity index (χ2n) is 22.9. The summed E-state index contributed by atoms with van der Waals surface area (Å²) in [5, 5.41) is 15.5. The largest absolute Gasteiger partial charge is 0.534 e. The Morgan fingerprint density at radius 1 is 0.634 bits per heavy atom. The minimum absolute atomic E-state index is 0.0136. The second kappa shape index (κ2) is 22.3. The average Bonchev–Trinajstić information content (AvgIpc) is 3.14. The van der Waals surface area contributed by atoms with Gasteiger partial charge in [0, 0.05) is 24.0 Å². The summed E-state index contributed by atoms with van der Waals surface area (Å²) in [6.07, 6.45) is -0.243. The molecule has 2 aliphatic carbocycles. The van der Waals surface area contributed by atoms with Gasteiger partial charge in [0.05, 0.1) is 24.3 Å². The number of aliphatic hydroxyl groups excluding tert-OH is 1. The highest BCUT2D eigenvalue weighted by Gasteiger charge is 2.51. The fourth-order valence-corrected chi connectivity index (χ4v) is 8.35. The van der Waals surface area contributed by atoms with Crippen molar-refractivity contribution in [3.8, 4) is 11.5 Å². The van der Waals surface area contributed by atoms with Gasteiger partial charge in [0.2, 0.25) is 0 Å². The molecule has 0 fully saturated rings. The van der Waals surface area contributed by atoms with Crippen molar-refractivity contribution in [3.63, 3.8) is 0 Å². The number of ether oxygens (including phenoxy) is 2. The van der Waals surface area contributed by atoms with Crippen molar-refractivity contribution >= 4 is 59.2 Å². The van der Waals surface area contributed by atoms with Crippen LogP contribution in [0, 0.1) is 0 Å². The molecule has 14 nitrogen and oxygen atoms in total. The van der Waals surface area contributed by atoms with E-state index in [2.05, 4.69) is 86.7 Å². The third-order valence-corrected chi connectivity index (χ3v) is 24.0. The van der Waals surface area contributed by atoms with Crippen LogP contribution in [0.1, 0.15) is 118 Å². The van der Waals surface area contributed by atoms with Gasteiger partial charge in [0.15, 0.2) is 15.7 Å². The quantitative estimate of drug-likeness (QED) is 0.0671. The van der Waals surface area contributed by atoms with Crippen molar-refractivity contribution in [1.82, 2.24) is 10.6 Å². The summed E-state index contributed by atoms with van der Waals surface area (Å²) in [5.41, 5.74) is -13.3. The number of amides is 2. The van der Waals surface area contributed by atoms with Crippen molar-refractivity contribution in [1.29, 1.82) is 0 Å². The maximum Gasteiger partial charge on any atom is 0.534 e. The Kier molecular flexibility index (Phi) is 20.0. The number of rotatable bonds is 10. The lowest BCUT2D eigenvalue weighted by atomic mass is 9.78. The molecule has 71 heavy (non-hydrogen) atoms. The van der Waals surface area contributed by atoms with Gasteiger partial charge in [-0.05, 0) is 114 Å². The van der Waals surface area contributed by atoms with Crippen LogP contribution in [-0.4, -0.2) is 96.3 Å². The lowest BCUT2D eigenvalue weighted by Crippen LogP contribution is -2.58. The van der Waals surface area contributed by atoms with Gasteiger partial charge < -0.3 is 38.0 Å². The average molecular weight is 1120 g/mol. The highest BCUT2D eigenvalue weighted by atomic mass is 35.6. The zero-order chi connectivity index (χ0) is 55.5. The van der Waals surface area contributed by atoms with Crippen molar-refractivity contribution in [2.24, 2.45) is 0 Å². The Balaban J connectivity index is 0.000000429. The monoisotopic (exact) mass is 1110 g/mol. The molecule has 2 amide bonds. The Bertz CT molecular complexity index is 2400. The van der Waals surface area contributed by atoms with E-state index in [1.165, 1.54) is 18.2 Å². The molecular formula is C46H73ClF6N2O12S2Si2. The van der Waals surface area contributed by atoms with Gasteiger partial charge in [0.1, 0.15) is 22.7 Å². The standard InChI is InChI=1S/C23H36F3NO6SSi.C17H22F3NO6S.C6H15ClSi/c1-20(2,3)32-19(28)27-22(15-31-35(7,8)21(4,5)6)13-12-16-10-9-11-18(17(16)14-22)33-34(29,30)23(24,25)26;1-15(2,3)26-14(23)21-16(10-22)8-7-11-5-4-6-13(12(11)9-16)27-28(24,25)17(18,19)20;1-6(2,3)8(4,5)7/h9-11H,12-15H2,1-8H3,(H,27,28);4-6,22H,7-10H2,1-3H3,(H,21,23);1-5H3. The Morgan fingerprint density at radius 3 is 1.28 bits per heavy atom. The first-order valence-corrected chi connectivity index (χ1v) is 32.4. The second-order valence-corrected chi connectivity index (χ2v) is 38.0. The fraction of sp³-hybridized carbons (Fsp3) is 0.696. The minimum Gasteiger partial charge on any atom is -0.444 e. The molecule has 0 spiro atoms. The van der Waals surface area contributed by atoms with E-state index < -0.39 is 99.5 Å². The highest BCUT2D eigenvalue weighted by Crippen LogP contribution is 2.42. The topological polar surface area (TPSA) is 193 Å². The SMILES string of the molecule is CC(C)(C)OC(=O)NC1(CO)CCc2cccc(OS(=O)(=O)C(F)(F)F)c2C1.CC(C)(C)OC(=O)NC1(CO[Si](C)(C)C(C)(C)C)CCc2cccc(OS(=O)(=O)C(F)(F)F)c2C1.CC(C)(C)[Si](C)(C)Cl. The molecule has 0 heterocycles. The number of hydrogen-bond acceptors (Lipinski definition) is 12. The predicted molar refractivity (Wildman–Crippen MR) is 266 cm³/mol. The van der Waals surface area contributed by atoms with Gasteiger partial charge in [-0.1, -0.05) is 78.9 Å². The molecule has 2 aromatic carbocycles. The number of aryl methyl sites for hydroxylation is 2. The summed E-state index contributed by atoms with van der Waals surface area (Å²) in [5.74, 6) is -0.902. The summed E-state index contributed by atoms with van der Waals surface area (Å²) in [4.78, 5) is 24.9. The molecule has 408 valence electrons. The van der Waals surface area contributed by atoms with Crippen molar-refractivity contribution in [2.45, 2.75) is 191 Å². The van der Waals surface area contributed by atoms with E-state index in [1.54, 1.807) is 53.7 Å². The van der Waals surface area contributed by atoms with Crippen molar-refractivity contribution < 1.29 is 80.1 Å². The third-order valence-electron chi connectivity index (χ3n) is 12.3. The van der Waals surface area contributed by atoms with Crippen LogP contribution in [0.4, 0.5) is 35.9 Å². The number of halogens is 7. The van der Waals surface area contributed by atoms with Crippen LogP contribution in [0.3, 0.4) is 0 Å². The molecule has 4 rings (SSSR count). The normalized spacial score (nSPS) is 19.3. The molecule has 0 radical (unpaired) electrons.